The number of aromatic nitrogens is 2. The largest absolute Gasteiger partial charge is 0.497 e. The summed E-state index contributed by atoms with van der Waals surface area (Å²) in [6.45, 7) is 2.55. The Morgan fingerprint density at radius 2 is 1.68 bits per heavy atom. The molecule has 4 rings (SSSR count). The second kappa shape index (κ2) is 9.34. The second-order valence-electron chi connectivity index (χ2n) is 7.07. The second-order valence-corrected chi connectivity index (χ2v) is 7.07. The van der Waals surface area contributed by atoms with E-state index >= 15 is 0 Å². The molecule has 3 aromatic rings. The van der Waals surface area contributed by atoms with Crippen molar-refractivity contribution in [2.24, 2.45) is 0 Å². The van der Waals surface area contributed by atoms with Gasteiger partial charge >= 0.3 is 0 Å². The van der Waals surface area contributed by atoms with Crippen LogP contribution in [0.4, 0.5) is 17.5 Å². The van der Waals surface area contributed by atoms with Crippen LogP contribution in [-0.4, -0.2) is 61.2 Å². The van der Waals surface area contributed by atoms with Crippen molar-refractivity contribution in [3.05, 3.63) is 66.4 Å². The number of anilines is 3. The van der Waals surface area contributed by atoms with Crippen LogP contribution in [0.5, 0.6) is 11.5 Å². The van der Waals surface area contributed by atoms with Gasteiger partial charge in [0, 0.05) is 37.9 Å². The van der Waals surface area contributed by atoms with Crippen LogP contribution < -0.4 is 19.7 Å². The average molecular weight is 419 g/mol. The molecule has 1 fully saturated rings. The molecule has 0 spiro atoms. The standard InChI is InChI=1S/C23H25N5O3/c1-30-18-9-7-17(8-10-18)22(29)27-13-15-28(16-14-27)23-24-12-11-21(26-23)25-19-5-3-4-6-20(19)31-2/h3-12H,13-16H2,1-2H3,(H,24,25,26). The summed E-state index contributed by atoms with van der Waals surface area (Å²) in [5.74, 6) is 2.82. The van der Waals surface area contributed by atoms with Crippen molar-refractivity contribution in [2.75, 3.05) is 50.6 Å². The highest BCUT2D eigenvalue weighted by Crippen LogP contribution is 2.26. The van der Waals surface area contributed by atoms with E-state index in [1.807, 2.05) is 35.2 Å². The lowest BCUT2D eigenvalue weighted by Crippen LogP contribution is -2.49. The van der Waals surface area contributed by atoms with Crippen molar-refractivity contribution < 1.29 is 14.3 Å². The number of hydrogen-bond donors (Lipinski definition) is 1. The highest BCUT2D eigenvalue weighted by molar-refractivity contribution is 5.94. The maximum atomic E-state index is 12.8. The first kappa shape index (κ1) is 20.5. The minimum absolute atomic E-state index is 0.0230. The van der Waals surface area contributed by atoms with Crippen LogP contribution >= 0.6 is 0 Å². The fourth-order valence-corrected chi connectivity index (χ4v) is 3.48. The van der Waals surface area contributed by atoms with Crippen LogP contribution in [0.15, 0.2) is 60.8 Å². The van der Waals surface area contributed by atoms with Crippen molar-refractivity contribution in [1.82, 2.24) is 14.9 Å². The van der Waals surface area contributed by atoms with Crippen LogP contribution in [-0.2, 0) is 0 Å². The number of para-hydroxylation sites is 2. The van der Waals surface area contributed by atoms with Gasteiger partial charge < -0.3 is 24.6 Å². The van der Waals surface area contributed by atoms with E-state index in [2.05, 4.69) is 20.2 Å². The lowest BCUT2D eigenvalue weighted by molar-refractivity contribution is 0.0746. The third kappa shape index (κ3) is 4.69. The molecule has 8 heteroatoms. The third-order valence-corrected chi connectivity index (χ3v) is 5.20. The molecule has 2 aromatic carbocycles. The van der Waals surface area contributed by atoms with Gasteiger partial charge in [-0.25, -0.2) is 4.98 Å². The van der Waals surface area contributed by atoms with Gasteiger partial charge in [0.15, 0.2) is 0 Å². The number of nitrogens with zero attached hydrogens (tertiary/aromatic N) is 4. The van der Waals surface area contributed by atoms with Crippen LogP contribution in [0.2, 0.25) is 0 Å². The zero-order chi connectivity index (χ0) is 21.6. The molecule has 0 aliphatic carbocycles. The molecule has 1 aromatic heterocycles. The highest BCUT2D eigenvalue weighted by Gasteiger charge is 2.23. The van der Waals surface area contributed by atoms with Crippen LogP contribution in [0.25, 0.3) is 0 Å². The summed E-state index contributed by atoms with van der Waals surface area (Å²) in [5, 5.41) is 3.28. The van der Waals surface area contributed by atoms with Gasteiger partial charge in [-0.05, 0) is 42.5 Å². The number of piperazine rings is 1. The van der Waals surface area contributed by atoms with E-state index in [1.165, 1.54) is 0 Å². The fraction of sp³-hybridized carbons (Fsp3) is 0.261. The Morgan fingerprint density at radius 3 is 2.39 bits per heavy atom. The molecule has 2 heterocycles. The number of nitrogens with one attached hydrogen (secondary N) is 1. The summed E-state index contributed by atoms with van der Waals surface area (Å²) in [7, 11) is 3.25. The van der Waals surface area contributed by atoms with E-state index < -0.39 is 0 Å². The molecule has 1 saturated heterocycles. The van der Waals surface area contributed by atoms with E-state index in [1.54, 1.807) is 44.7 Å². The summed E-state index contributed by atoms with van der Waals surface area (Å²) in [6, 6.07) is 16.7. The normalized spacial score (nSPS) is 13.6. The van der Waals surface area contributed by atoms with Gasteiger partial charge in [0.25, 0.3) is 5.91 Å². The van der Waals surface area contributed by atoms with E-state index in [0.717, 1.165) is 17.2 Å². The number of carbonyl (C=O) groups is 1. The van der Waals surface area contributed by atoms with Crippen molar-refractivity contribution >= 4 is 23.4 Å². The Bertz CT molecular complexity index is 1030. The number of benzene rings is 2. The minimum Gasteiger partial charge on any atom is -0.497 e. The van der Waals surface area contributed by atoms with Gasteiger partial charge in [-0.3, -0.25) is 4.79 Å². The van der Waals surface area contributed by atoms with Crippen molar-refractivity contribution in [2.45, 2.75) is 0 Å². The number of amides is 1. The van der Waals surface area contributed by atoms with Gasteiger partial charge in [0.2, 0.25) is 5.95 Å². The summed E-state index contributed by atoms with van der Waals surface area (Å²) in [4.78, 5) is 25.8. The van der Waals surface area contributed by atoms with Crippen LogP contribution in [0.3, 0.4) is 0 Å². The lowest BCUT2D eigenvalue weighted by Gasteiger charge is -2.34. The predicted molar refractivity (Wildman–Crippen MR) is 119 cm³/mol. The first-order chi connectivity index (χ1) is 15.2. The molecule has 1 amide bonds. The zero-order valence-electron chi connectivity index (χ0n) is 17.6. The Labute approximate surface area is 181 Å². The van der Waals surface area contributed by atoms with E-state index in [4.69, 9.17) is 9.47 Å². The maximum Gasteiger partial charge on any atom is 0.253 e. The molecule has 160 valence electrons. The average Bonchev–Trinajstić information content (AvgIpc) is 2.84. The zero-order valence-corrected chi connectivity index (χ0v) is 17.6. The minimum atomic E-state index is 0.0230. The number of ether oxygens (including phenoxy) is 2. The van der Waals surface area contributed by atoms with Crippen molar-refractivity contribution in [1.29, 1.82) is 0 Å². The van der Waals surface area contributed by atoms with Gasteiger partial charge in [-0.15, -0.1) is 0 Å². The van der Waals surface area contributed by atoms with Gasteiger partial charge in [-0.2, -0.15) is 4.98 Å². The van der Waals surface area contributed by atoms with Crippen molar-refractivity contribution in [3.8, 4) is 11.5 Å². The Hall–Kier alpha value is -3.81. The first-order valence-electron chi connectivity index (χ1n) is 10.1. The Morgan fingerprint density at radius 1 is 0.935 bits per heavy atom. The molecule has 0 atom stereocenters. The van der Waals surface area contributed by atoms with E-state index in [9.17, 15) is 4.79 Å². The third-order valence-electron chi connectivity index (χ3n) is 5.20. The molecule has 8 nitrogen and oxygen atoms in total. The molecule has 0 saturated carbocycles. The van der Waals surface area contributed by atoms with Gasteiger partial charge in [-0.1, -0.05) is 12.1 Å². The molecule has 0 radical (unpaired) electrons. The molecular formula is C23H25N5O3. The molecule has 31 heavy (non-hydrogen) atoms. The number of rotatable bonds is 6. The summed E-state index contributed by atoms with van der Waals surface area (Å²) >= 11 is 0. The Kier molecular flexibility index (Phi) is 6.16. The molecule has 0 unspecified atom stereocenters. The topological polar surface area (TPSA) is 79.8 Å². The smallest absolute Gasteiger partial charge is 0.253 e. The first-order valence-corrected chi connectivity index (χ1v) is 10.1. The molecule has 1 aliphatic heterocycles. The lowest BCUT2D eigenvalue weighted by atomic mass is 10.1. The molecule has 0 bridgehead atoms. The molecule has 1 aliphatic rings. The van der Waals surface area contributed by atoms with Gasteiger partial charge in [0.05, 0.1) is 19.9 Å². The maximum absolute atomic E-state index is 12.8. The summed E-state index contributed by atoms with van der Waals surface area (Å²) in [6.07, 6.45) is 1.73. The number of carbonyl (C=O) groups excluding carboxylic acids is 1. The Balaban J connectivity index is 1.39. The number of methoxy groups -OCH3 is 2. The molecule has 1 N–H and O–H groups in total. The van der Waals surface area contributed by atoms with Crippen molar-refractivity contribution in [3.63, 3.8) is 0 Å². The highest BCUT2D eigenvalue weighted by atomic mass is 16.5. The predicted octanol–water partition coefficient (Wildman–Crippen LogP) is 3.20. The van der Waals surface area contributed by atoms with Gasteiger partial charge in [0.1, 0.15) is 17.3 Å². The fourth-order valence-electron chi connectivity index (χ4n) is 3.48. The van der Waals surface area contributed by atoms with Crippen LogP contribution in [0, 0.1) is 0 Å². The monoisotopic (exact) mass is 419 g/mol. The van der Waals surface area contributed by atoms with Crippen LogP contribution in [0.1, 0.15) is 10.4 Å². The quantitative estimate of drug-likeness (QED) is 0.657. The summed E-state index contributed by atoms with van der Waals surface area (Å²) < 4.78 is 10.5. The SMILES string of the molecule is COc1ccc(C(=O)N2CCN(c3nccc(Nc4ccccc4OC)n3)CC2)cc1. The number of hydrogen-bond acceptors (Lipinski definition) is 7. The summed E-state index contributed by atoms with van der Waals surface area (Å²) in [5.41, 5.74) is 1.50. The van der Waals surface area contributed by atoms with E-state index in [-0.39, 0.29) is 5.91 Å². The van der Waals surface area contributed by atoms with E-state index in [0.29, 0.717) is 43.5 Å². The molecular weight excluding hydrogens is 394 g/mol.